The molecule has 0 aliphatic carbocycles. The predicted molar refractivity (Wildman–Crippen MR) is 119 cm³/mol. The second-order valence-electron chi connectivity index (χ2n) is 7.16. The maximum atomic E-state index is 12.3. The van der Waals surface area contributed by atoms with E-state index in [9.17, 15) is 9.59 Å². The number of hydrogen-bond acceptors (Lipinski definition) is 4. The van der Waals surface area contributed by atoms with Crippen molar-refractivity contribution >= 4 is 29.2 Å². The second kappa shape index (κ2) is 10.2. The zero-order chi connectivity index (χ0) is 21.3. The Bertz CT molecular complexity index is 940. The van der Waals surface area contributed by atoms with E-state index in [2.05, 4.69) is 40.3 Å². The summed E-state index contributed by atoms with van der Waals surface area (Å²) in [7, 11) is 0. The number of nitrogens with one attached hydrogen (secondary N) is 5. The van der Waals surface area contributed by atoms with Crippen LogP contribution < -0.4 is 21.3 Å². The van der Waals surface area contributed by atoms with Crippen LogP contribution >= 0.6 is 0 Å². The van der Waals surface area contributed by atoms with E-state index in [4.69, 9.17) is 5.41 Å². The lowest BCUT2D eigenvalue weighted by Crippen LogP contribution is -2.44. The highest BCUT2D eigenvalue weighted by Gasteiger charge is 2.27. The van der Waals surface area contributed by atoms with Crippen molar-refractivity contribution in [3.05, 3.63) is 71.8 Å². The first-order chi connectivity index (χ1) is 14.5. The monoisotopic (exact) mass is 405 g/mol. The molecule has 1 heterocycles. The van der Waals surface area contributed by atoms with Crippen molar-refractivity contribution in [2.24, 2.45) is 0 Å². The highest BCUT2D eigenvalue weighted by molar-refractivity contribution is 6.09. The van der Waals surface area contributed by atoms with Crippen molar-refractivity contribution in [1.29, 1.82) is 5.41 Å². The number of hydrogen-bond donors (Lipinski definition) is 5. The van der Waals surface area contributed by atoms with E-state index >= 15 is 0 Å². The molecule has 1 fully saturated rings. The number of carbonyl (C=O) groups is 2. The van der Waals surface area contributed by atoms with Gasteiger partial charge in [0.1, 0.15) is 11.9 Å². The Labute approximate surface area is 176 Å². The Kier molecular flexibility index (Phi) is 7.21. The van der Waals surface area contributed by atoms with Crippen LogP contribution in [-0.4, -0.2) is 30.4 Å². The minimum atomic E-state index is -0.686. The maximum Gasteiger partial charge on any atom is 0.315 e. The summed E-state index contributed by atoms with van der Waals surface area (Å²) >= 11 is 0. The SMILES string of the molecule is CCCCc1cccc(/C(=C/C(=N)NC(=O)[C@H]2CNC(=O)N2)Nc2ccccc2)c1. The van der Waals surface area contributed by atoms with E-state index in [0.717, 1.165) is 30.5 Å². The van der Waals surface area contributed by atoms with Gasteiger partial charge in [-0.2, -0.15) is 0 Å². The fourth-order valence-corrected chi connectivity index (χ4v) is 3.16. The molecule has 3 amide bonds. The third-order valence-electron chi connectivity index (χ3n) is 4.74. The van der Waals surface area contributed by atoms with E-state index in [1.807, 2.05) is 42.5 Å². The van der Waals surface area contributed by atoms with E-state index in [0.29, 0.717) is 5.70 Å². The number of unbranched alkanes of at least 4 members (excludes halogenated alkanes) is 1. The normalized spacial score (nSPS) is 15.8. The van der Waals surface area contributed by atoms with Gasteiger partial charge in [-0.15, -0.1) is 0 Å². The second-order valence-corrected chi connectivity index (χ2v) is 7.16. The molecule has 7 heteroatoms. The molecule has 0 spiro atoms. The molecular formula is C23H27N5O2. The van der Waals surface area contributed by atoms with Crippen LogP contribution in [0.3, 0.4) is 0 Å². The fraction of sp³-hybridized carbons (Fsp3) is 0.261. The Balaban J connectivity index is 1.80. The Morgan fingerprint density at radius 2 is 2.00 bits per heavy atom. The van der Waals surface area contributed by atoms with Gasteiger partial charge in [0, 0.05) is 24.0 Å². The molecule has 1 atom stereocenters. The first-order valence-electron chi connectivity index (χ1n) is 10.1. The van der Waals surface area contributed by atoms with Gasteiger partial charge in [0.15, 0.2) is 0 Å². The summed E-state index contributed by atoms with van der Waals surface area (Å²) in [6.07, 6.45) is 4.82. The van der Waals surface area contributed by atoms with Gasteiger partial charge in [-0.1, -0.05) is 49.7 Å². The van der Waals surface area contributed by atoms with Crippen LogP contribution in [0.25, 0.3) is 5.70 Å². The maximum absolute atomic E-state index is 12.3. The number of amidine groups is 1. The lowest BCUT2D eigenvalue weighted by atomic mass is 10.0. The van der Waals surface area contributed by atoms with Crippen molar-refractivity contribution in [2.45, 2.75) is 32.2 Å². The summed E-state index contributed by atoms with van der Waals surface area (Å²) < 4.78 is 0. The first kappa shape index (κ1) is 21.1. The summed E-state index contributed by atoms with van der Waals surface area (Å²) in [5, 5.41) is 19.2. The molecule has 3 rings (SSSR count). The number of urea groups is 1. The minimum Gasteiger partial charge on any atom is -0.355 e. The van der Waals surface area contributed by atoms with Gasteiger partial charge in [-0.05, 0) is 42.2 Å². The number of anilines is 1. The molecule has 1 saturated heterocycles. The summed E-state index contributed by atoms with van der Waals surface area (Å²) in [5.74, 6) is -0.483. The summed E-state index contributed by atoms with van der Waals surface area (Å²) in [6, 6.07) is 16.8. The van der Waals surface area contributed by atoms with Gasteiger partial charge in [0.25, 0.3) is 0 Å². The van der Waals surface area contributed by atoms with E-state index < -0.39 is 11.9 Å². The molecule has 30 heavy (non-hydrogen) atoms. The summed E-state index contributed by atoms with van der Waals surface area (Å²) in [4.78, 5) is 23.5. The fourth-order valence-electron chi connectivity index (χ4n) is 3.16. The number of carbonyl (C=O) groups excluding carboxylic acids is 2. The zero-order valence-electron chi connectivity index (χ0n) is 17.0. The van der Waals surface area contributed by atoms with Gasteiger partial charge in [0.05, 0.1) is 0 Å². The highest BCUT2D eigenvalue weighted by atomic mass is 16.2. The summed E-state index contributed by atoms with van der Waals surface area (Å²) in [5.41, 5.74) is 3.75. The molecule has 0 unspecified atom stereocenters. The molecule has 1 aliphatic rings. The van der Waals surface area contributed by atoms with Crippen molar-refractivity contribution in [3.63, 3.8) is 0 Å². The molecule has 5 N–H and O–H groups in total. The Hall–Kier alpha value is -3.61. The molecule has 0 saturated carbocycles. The number of para-hydroxylation sites is 1. The molecule has 0 radical (unpaired) electrons. The topological polar surface area (TPSA) is 106 Å². The van der Waals surface area contributed by atoms with Crippen LogP contribution in [0.1, 0.15) is 30.9 Å². The molecule has 156 valence electrons. The van der Waals surface area contributed by atoms with Crippen LogP contribution in [0.4, 0.5) is 10.5 Å². The van der Waals surface area contributed by atoms with E-state index in [1.54, 1.807) is 6.08 Å². The van der Waals surface area contributed by atoms with Crippen molar-refractivity contribution < 1.29 is 9.59 Å². The van der Waals surface area contributed by atoms with E-state index in [1.165, 1.54) is 5.56 Å². The molecule has 0 aromatic heterocycles. The number of rotatable bonds is 8. The highest BCUT2D eigenvalue weighted by Crippen LogP contribution is 2.20. The van der Waals surface area contributed by atoms with Crippen LogP contribution in [-0.2, 0) is 11.2 Å². The Morgan fingerprint density at radius 3 is 2.70 bits per heavy atom. The standard InChI is InChI=1S/C23H27N5O2/c1-2-3-8-16-9-7-10-17(13-16)19(26-18-11-5-4-6-12-18)14-21(24)28-22(29)20-15-25-23(30)27-20/h4-7,9-14,20,26H,2-3,8,15H2,1H3,(H2,24,28,29)(H2,25,27,30)/b19-14-/t20-/m1/s1. The Morgan fingerprint density at radius 1 is 1.20 bits per heavy atom. The lowest BCUT2D eigenvalue weighted by Gasteiger charge is -2.14. The van der Waals surface area contributed by atoms with E-state index in [-0.39, 0.29) is 18.4 Å². The molecular weight excluding hydrogens is 378 g/mol. The third kappa shape index (κ3) is 5.94. The van der Waals surface area contributed by atoms with Crippen LogP contribution in [0, 0.1) is 5.41 Å². The van der Waals surface area contributed by atoms with Crippen molar-refractivity contribution in [2.75, 3.05) is 11.9 Å². The lowest BCUT2D eigenvalue weighted by molar-refractivity contribution is -0.121. The van der Waals surface area contributed by atoms with Crippen LogP contribution in [0.5, 0.6) is 0 Å². The van der Waals surface area contributed by atoms with Crippen LogP contribution in [0.2, 0.25) is 0 Å². The van der Waals surface area contributed by atoms with Crippen molar-refractivity contribution in [3.8, 4) is 0 Å². The van der Waals surface area contributed by atoms with Gasteiger partial charge < -0.3 is 21.3 Å². The number of benzene rings is 2. The third-order valence-corrected chi connectivity index (χ3v) is 4.74. The quantitative estimate of drug-likeness (QED) is 0.344. The first-order valence-corrected chi connectivity index (χ1v) is 10.1. The number of amides is 3. The molecule has 2 aromatic carbocycles. The molecule has 1 aliphatic heterocycles. The van der Waals surface area contributed by atoms with Crippen molar-refractivity contribution in [1.82, 2.24) is 16.0 Å². The largest absolute Gasteiger partial charge is 0.355 e. The average Bonchev–Trinajstić information content (AvgIpc) is 3.19. The molecule has 7 nitrogen and oxygen atoms in total. The smallest absolute Gasteiger partial charge is 0.315 e. The predicted octanol–water partition coefficient (Wildman–Crippen LogP) is 3.26. The summed E-state index contributed by atoms with van der Waals surface area (Å²) in [6.45, 7) is 2.37. The van der Waals surface area contributed by atoms with Gasteiger partial charge in [0.2, 0.25) is 5.91 Å². The zero-order valence-corrected chi connectivity index (χ0v) is 17.0. The molecule has 2 aromatic rings. The van der Waals surface area contributed by atoms with Crippen LogP contribution in [0.15, 0.2) is 60.7 Å². The number of aryl methyl sites for hydroxylation is 1. The average molecular weight is 406 g/mol. The van der Waals surface area contributed by atoms with Gasteiger partial charge >= 0.3 is 6.03 Å². The molecule has 0 bridgehead atoms. The minimum absolute atomic E-state index is 0.0569. The van der Waals surface area contributed by atoms with Gasteiger partial charge in [-0.25, -0.2) is 4.79 Å². The van der Waals surface area contributed by atoms with Gasteiger partial charge in [-0.3, -0.25) is 10.2 Å².